The van der Waals surface area contributed by atoms with Crippen molar-refractivity contribution in [3.63, 3.8) is 0 Å². The molecular weight excluding hydrogens is 222 g/mol. The monoisotopic (exact) mass is 238 g/mol. The van der Waals surface area contributed by atoms with Crippen LogP contribution in [0.1, 0.15) is 37.4 Å². The Kier molecular flexibility index (Phi) is 5.05. The van der Waals surface area contributed by atoms with Crippen molar-refractivity contribution in [1.82, 2.24) is 4.90 Å². The van der Waals surface area contributed by atoms with Crippen LogP contribution in [0.15, 0.2) is 24.3 Å². The number of alkyl halides is 2. The van der Waals surface area contributed by atoms with Crippen molar-refractivity contribution in [2.45, 2.75) is 26.3 Å². The molecule has 17 heavy (non-hydrogen) atoms. The van der Waals surface area contributed by atoms with Gasteiger partial charge >= 0.3 is 0 Å². The van der Waals surface area contributed by atoms with E-state index in [-0.39, 0.29) is 5.56 Å². The molecule has 92 valence electrons. The Hall–Kier alpha value is -1.47. The fourth-order valence-corrected chi connectivity index (χ4v) is 1.82. The molecular formula is C13H16F2N2. The first-order chi connectivity index (χ1) is 8.13. The van der Waals surface area contributed by atoms with Crippen LogP contribution >= 0.6 is 0 Å². The number of hydrogen-bond donors (Lipinski definition) is 0. The topological polar surface area (TPSA) is 27.0 Å². The van der Waals surface area contributed by atoms with Gasteiger partial charge in [-0.05, 0) is 24.7 Å². The highest BCUT2D eigenvalue weighted by Gasteiger charge is 2.18. The van der Waals surface area contributed by atoms with Crippen molar-refractivity contribution in [3.05, 3.63) is 35.4 Å². The molecule has 0 aliphatic rings. The maximum atomic E-state index is 12.6. The molecule has 0 aliphatic heterocycles. The zero-order valence-corrected chi connectivity index (χ0v) is 10.0. The van der Waals surface area contributed by atoms with Gasteiger partial charge in [0.05, 0.1) is 6.07 Å². The minimum atomic E-state index is -2.49. The predicted molar refractivity (Wildman–Crippen MR) is 62.7 cm³/mol. The van der Waals surface area contributed by atoms with Gasteiger partial charge in [0.2, 0.25) is 0 Å². The van der Waals surface area contributed by atoms with E-state index in [2.05, 4.69) is 6.07 Å². The van der Waals surface area contributed by atoms with E-state index in [1.54, 1.807) is 12.1 Å². The van der Waals surface area contributed by atoms with Crippen LogP contribution in [-0.2, 0) is 0 Å². The second-order valence-corrected chi connectivity index (χ2v) is 3.72. The third-order valence-corrected chi connectivity index (χ3v) is 2.78. The van der Waals surface area contributed by atoms with Crippen LogP contribution in [0, 0.1) is 11.3 Å². The van der Waals surface area contributed by atoms with Crippen LogP contribution in [0.4, 0.5) is 8.78 Å². The third kappa shape index (κ3) is 3.24. The molecule has 1 aromatic rings. The number of nitrogens with zero attached hydrogens (tertiary/aromatic N) is 2. The number of halogens is 2. The molecule has 0 bridgehead atoms. The molecule has 2 nitrogen and oxygen atoms in total. The third-order valence-electron chi connectivity index (χ3n) is 2.78. The molecule has 4 heteroatoms. The molecule has 0 saturated carbocycles. The van der Waals surface area contributed by atoms with Gasteiger partial charge < -0.3 is 0 Å². The van der Waals surface area contributed by atoms with Crippen LogP contribution < -0.4 is 0 Å². The fourth-order valence-electron chi connectivity index (χ4n) is 1.82. The van der Waals surface area contributed by atoms with E-state index in [4.69, 9.17) is 5.26 Å². The van der Waals surface area contributed by atoms with Crippen molar-refractivity contribution in [1.29, 1.82) is 5.26 Å². The largest absolute Gasteiger partial charge is 0.285 e. The number of rotatable bonds is 5. The summed E-state index contributed by atoms with van der Waals surface area (Å²) in [5.74, 6) is 0. The van der Waals surface area contributed by atoms with E-state index in [1.165, 1.54) is 12.1 Å². The van der Waals surface area contributed by atoms with Crippen molar-refractivity contribution < 1.29 is 8.78 Å². The molecule has 1 atom stereocenters. The van der Waals surface area contributed by atoms with Crippen LogP contribution in [0.3, 0.4) is 0 Å². The number of benzene rings is 1. The highest BCUT2D eigenvalue weighted by Crippen LogP contribution is 2.25. The molecule has 0 N–H and O–H groups in total. The first-order valence-electron chi connectivity index (χ1n) is 5.65. The second kappa shape index (κ2) is 6.31. The summed E-state index contributed by atoms with van der Waals surface area (Å²) < 4.78 is 25.2. The zero-order valence-electron chi connectivity index (χ0n) is 10.0. The average molecular weight is 238 g/mol. The molecule has 0 fully saturated rings. The van der Waals surface area contributed by atoms with Crippen LogP contribution in [-0.4, -0.2) is 18.0 Å². The molecule has 0 saturated heterocycles. The predicted octanol–water partition coefficient (Wildman–Crippen LogP) is 3.53. The summed E-state index contributed by atoms with van der Waals surface area (Å²) in [5, 5.41) is 9.16. The molecule has 1 aromatic carbocycles. The molecule has 1 unspecified atom stereocenters. The normalized spacial score (nSPS) is 12.8. The van der Waals surface area contributed by atoms with Crippen LogP contribution in [0.5, 0.6) is 0 Å². The first kappa shape index (κ1) is 13.6. The maximum absolute atomic E-state index is 12.6. The van der Waals surface area contributed by atoms with Gasteiger partial charge in [0.15, 0.2) is 0 Å². The lowest BCUT2D eigenvalue weighted by atomic mass is 10.0. The maximum Gasteiger partial charge on any atom is 0.263 e. The summed E-state index contributed by atoms with van der Waals surface area (Å²) in [6.07, 6.45) is -2.49. The second-order valence-electron chi connectivity index (χ2n) is 3.72. The zero-order chi connectivity index (χ0) is 12.8. The van der Waals surface area contributed by atoms with Gasteiger partial charge in [-0.2, -0.15) is 5.26 Å². The summed E-state index contributed by atoms with van der Waals surface area (Å²) in [5.41, 5.74) is 0.601. The van der Waals surface area contributed by atoms with E-state index >= 15 is 0 Å². The lowest BCUT2D eigenvalue weighted by Crippen LogP contribution is -2.27. The quantitative estimate of drug-likeness (QED) is 0.784. The Bertz CT molecular complexity index is 395. The standard InChI is InChI=1S/C13H16F2N2/c1-3-17(4-2)12(9-16)10-6-5-7-11(8-10)13(14)15/h5-8,12-13H,3-4H2,1-2H3. The van der Waals surface area contributed by atoms with Crippen LogP contribution in [0.2, 0.25) is 0 Å². The van der Waals surface area contributed by atoms with Crippen molar-refractivity contribution in [3.8, 4) is 6.07 Å². The smallest absolute Gasteiger partial charge is 0.263 e. The van der Waals surface area contributed by atoms with Gasteiger partial charge in [-0.25, -0.2) is 8.78 Å². The first-order valence-corrected chi connectivity index (χ1v) is 5.65. The number of hydrogen-bond acceptors (Lipinski definition) is 2. The molecule has 0 aliphatic carbocycles. The highest BCUT2D eigenvalue weighted by atomic mass is 19.3. The summed E-state index contributed by atoms with van der Waals surface area (Å²) in [6, 6.07) is 7.80. The molecule has 0 aromatic heterocycles. The Labute approximate surface area is 100 Å². The van der Waals surface area contributed by atoms with Gasteiger partial charge in [-0.15, -0.1) is 0 Å². The van der Waals surface area contributed by atoms with Crippen molar-refractivity contribution in [2.75, 3.05) is 13.1 Å². The minimum absolute atomic E-state index is 0.0325. The SMILES string of the molecule is CCN(CC)C(C#N)c1cccc(C(F)F)c1. The Morgan fingerprint density at radius 3 is 2.29 bits per heavy atom. The summed E-state index contributed by atoms with van der Waals surface area (Å²) in [4.78, 5) is 1.94. The van der Waals surface area contributed by atoms with Crippen molar-refractivity contribution in [2.24, 2.45) is 0 Å². The Morgan fingerprint density at radius 2 is 1.82 bits per heavy atom. The van der Waals surface area contributed by atoms with Gasteiger partial charge in [0.25, 0.3) is 6.43 Å². The van der Waals surface area contributed by atoms with Gasteiger partial charge in [0.1, 0.15) is 6.04 Å². The highest BCUT2D eigenvalue weighted by molar-refractivity contribution is 5.30. The summed E-state index contributed by atoms with van der Waals surface area (Å²) in [7, 11) is 0. The van der Waals surface area contributed by atoms with E-state index in [9.17, 15) is 8.78 Å². The summed E-state index contributed by atoms with van der Waals surface area (Å²) in [6.45, 7) is 5.33. The molecule has 0 heterocycles. The van der Waals surface area contributed by atoms with E-state index in [0.29, 0.717) is 18.7 Å². The average Bonchev–Trinajstić information content (AvgIpc) is 2.35. The fraction of sp³-hybridized carbons (Fsp3) is 0.462. The minimum Gasteiger partial charge on any atom is -0.285 e. The Morgan fingerprint density at radius 1 is 1.24 bits per heavy atom. The molecule has 0 spiro atoms. The van der Waals surface area contributed by atoms with E-state index < -0.39 is 12.5 Å². The van der Waals surface area contributed by atoms with E-state index in [1.807, 2.05) is 18.7 Å². The summed E-state index contributed by atoms with van der Waals surface area (Å²) >= 11 is 0. The molecule has 0 radical (unpaired) electrons. The number of nitriles is 1. The van der Waals surface area contributed by atoms with Crippen molar-refractivity contribution >= 4 is 0 Å². The lowest BCUT2D eigenvalue weighted by molar-refractivity contribution is 0.151. The van der Waals surface area contributed by atoms with Gasteiger partial charge in [-0.1, -0.05) is 32.0 Å². The van der Waals surface area contributed by atoms with Gasteiger partial charge in [0, 0.05) is 5.56 Å². The van der Waals surface area contributed by atoms with Crippen LogP contribution in [0.25, 0.3) is 0 Å². The molecule has 1 rings (SSSR count). The lowest BCUT2D eigenvalue weighted by Gasteiger charge is -2.24. The molecule has 0 amide bonds. The van der Waals surface area contributed by atoms with E-state index in [0.717, 1.165) is 0 Å². The Balaban J connectivity index is 3.04. The van der Waals surface area contributed by atoms with Gasteiger partial charge in [-0.3, -0.25) is 4.90 Å².